The van der Waals surface area contributed by atoms with Gasteiger partial charge in [0.05, 0.1) is 0 Å². The molecule has 0 fully saturated rings. The lowest BCUT2D eigenvalue weighted by Crippen LogP contribution is -2.25. The van der Waals surface area contributed by atoms with E-state index in [1.54, 1.807) is 0 Å². The van der Waals surface area contributed by atoms with Crippen molar-refractivity contribution in [3.8, 4) is 0 Å². The molecule has 19 heavy (non-hydrogen) atoms. The Morgan fingerprint density at radius 3 is 2.58 bits per heavy atom. The lowest BCUT2D eigenvalue weighted by atomic mass is 10.1. The summed E-state index contributed by atoms with van der Waals surface area (Å²) in [6, 6.07) is 5.88. The largest absolute Gasteiger partial charge is 0.385 e. The van der Waals surface area contributed by atoms with E-state index < -0.39 is 0 Å². The van der Waals surface area contributed by atoms with E-state index in [0.29, 0.717) is 0 Å². The standard InChI is InChI=1S/C16H26N2O/c1-4-6-7-8-11-18-16(19)15-10-9-14(17-5-2)12-13(15)3/h9-10,12,17H,4-8,11H2,1-3H3,(H,18,19). The van der Waals surface area contributed by atoms with Crippen LogP contribution in [0.4, 0.5) is 5.69 Å². The average molecular weight is 262 g/mol. The maximum absolute atomic E-state index is 12.0. The Hall–Kier alpha value is -1.51. The van der Waals surface area contributed by atoms with Gasteiger partial charge in [-0.3, -0.25) is 4.79 Å². The molecule has 0 aliphatic rings. The lowest BCUT2D eigenvalue weighted by Gasteiger charge is -2.10. The number of carbonyl (C=O) groups excluding carboxylic acids is 1. The minimum Gasteiger partial charge on any atom is -0.385 e. The van der Waals surface area contributed by atoms with Crippen LogP contribution in [0.15, 0.2) is 18.2 Å². The first kappa shape index (κ1) is 15.5. The Morgan fingerprint density at radius 1 is 1.16 bits per heavy atom. The molecule has 0 heterocycles. The summed E-state index contributed by atoms with van der Waals surface area (Å²) in [5, 5.41) is 6.24. The Balaban J connectivity index is 2.48. The molecule has 0 atom stereocenters. The van der Waals surface area contributed by atoms with Crippen LogP contribution in [0.5, 0.6) is 0 Å². The van der Waals surface area contributed by atoms with Gasteiger partial charge < -0.3 is 10.6 Å². The van der Waals surface area contributed by atoms with E-state index in [4.69, 9.17) is 0 Å². The summed E-state index contributed by atoms with van der Waals surface area (Å²) < 4.78 is 0. The van der Waals surface area contributed by atoms with Gasteiger partial charge in [-0.05, 0) is 44.0 Å². The first-order valence-electron chi connectivity index (χ1n) is 7.31. The van der Waals surface area contributed by atoms with E-state index in [9.17, 15) is 4.79 Å². The molecule has 0 aliphatic carbocycles. The van der Waals surface area contributed by atoms with Crippen molar-refractivity contribution in [2.45, 2.75) is 46.5 Å². The summed E-state index contributed by atoms with van der Waals surface area (Å²) in [7, 11) is 0. The summed E-state index contributed by atoms with van der Waals surface area (Å²) >= 11 is 0. The van der Waals surface area contributed by atoms with E-state index in [0.717, 1.165) is 36.3 Å². The third-order valence-electron chi connectivity index (χ3n) is 3.17. The Labute approximate surface area is 116 Å². The van der Waals surface area contributed by atoms with Crippen molar-refractivity contribution < 1.29 is 4.79 Å². The number of carbonyl (C=O) groups is 1. The van der Waals surface area contributed by atoms with Crippen molar-refractivity contribution in [3.63, 3.8) is 0 Å². The fourth-order valence-corrected chi connectivity index (χ4v) is 2.08. The summed E-state index contributed by atoms with van der Waals surface area (Å²) in [5.41, 5.74) is 2.86. The molecule has 0 bridgehead atoms. The van der Waals surface area contributed by atoms with Crippen molar-refractivity contribution in [1.29, 1.82) is 0 Å². The van der Waals surface area contributed by atoms with Crippen LogP contribution in [-0.4, -0.2) is 19.0 Å². The van der Waals surface area contributed by atoms with E-state index in [2.05, 4.69) is 24.5 Å². The van der Waals surface area contributed by atoms with Gasteiger partial charge in [0, 0.05) is 24.3 Å². The number of hydrogen-bond donors (Lipinski definition) is 2. The molecule has 1 rings (SSSR count). The van der Waals surface area contributed by atoms with Crippen LogP contribution in [0.25, 0.3) is 0 Å². The zero-order chi connectivity index (χ0) is 14.1. The van der Waals surface area contributed by atoms with Crippen LogP contribution in [0, 0.1) is 6.92 Å². The highest BCUT2D eigenvalue weighted by molar-refractivity contribution is 5.96. The van der Waals surface area contributed by atoms with Crippen molar-refractivity contribution in [3.05, 3.63) is 29.3 Å². The molecule has 0 radical (unpaired) electrons. The molecule has 1 amide bonds. The van der Waals surface area contributed by atoms with Gasteiger partial charge in [-0.25, -0.2) is 0 Å². The van der Waals surface area contributed by atoms with E-state index in [-0.39, 0.29) is 5.91 Å². The van der Waals surface area contributed by atoms with Crippen LogP contribution >= 0.6 is 0 Å². The number of unbranched alkanes of at least 4 members (excludes halogenated alkanes) is 3. The maximum atomic E-state index is 12.0. The number of aryl methyl sites for hydroxylation is 1. The molecule has 2 N–H and O–H groups in total. The number of benzene rings is 1. The molecule has 1 aromatic rings. The molecule has 0 saturated carbocycles. The molecule has 3 heteroatoms. The van der Waals surface area contributed by atoms with Gasteiger partial charge in [0.1, 0.15) is 0 Å². The molecule has 0 spiro atoms. The summed E-state index contributed by atoms with van der Waals surface area (Å²) in [4.78, 5) is 12.0. The first-order valence-corrected chi connectivity index (χ1v) is 7.31. The smallest absolute Gasteiger partial charge is 0.251 e. The van der Waals surface area contributed by atoms with Crippen molar-refractivity contribution in [2.75, 3.05) is 18.4 Å². The summed E-state index contributed by atoms with van der Waals surface area (Å²) in [6.07, 6.45) is 4.72. The molecule has 0 aromatic heterocycles. The monoisotopic (exact) mass is 262 g/mol. The van der Waals surface area contributed by atoms with Gasteiger partial charge in [0.15, 0.2) is 0 Å². The third-order valence-corrected chi connectivity index (χ3v) is 3.17. The Bertz CT molecular complexity index is 402. The summed E-state index contributed by atoms with van der Waals surface area (Å²) in [5.74, 6) is 0.0389. The topological polar surface area (TPSA) is 41.1 Å². The molecule has 0 saturated heterocycles. The zero-order valence-corrected chi connectivity index (χ0v) is 12.4. The quantitative estimate of drug-likeness (QED) is 0.701. The van der Waals surface area contributed by atoms with E-state index in [1.807, 2.05) is 25.1 Å². The highest BCUT2D eigenvalue weighted by atomic mass is 16.1. The van der Waals surface area contributed by atoms with Crippen LogP contribution in [0.3, 0.4) is 0 Å². The molecular weight excluding hydrogens is 236 g/mol. The van der Waals surface area contributed by atoms with Crippen molar-refractivity contribution in [1.82, 2.24) is 5.32 Å². The lowest BCUT2D eigenvalue weighted by molar-refractivity contribution is 0.0952. The zero-order valence-electron chi connectivity index (χ0n) is 12.4. The van der Waals surface area contributed by atoms with Gasteiger partial charge in [0.25, 0.3) is 5.91 Å². The minimum absolute atomic E-state index is 0.0389. The highest BCUT2D eigenvalue weighted by Gasteiger charge is 2.08. The van der Waals surface area contributed by atoms with E-state index >= 15 is 0 Å². The molecule has 3 nitrogen and oxygen atoms in total. The first-order chi connectivity index (χ1) is 9.19. The number of amides is 1. The fourth-order valence-electron chi connectivity index (χ4n) is 2.08. The molecule has 0 aliphatic heterocycles. The summed E-state index contributed by atoms with van der Waals surface area (Å²) in [6.45, 7) is 7.89. The van der Waals surface area contributed by atoms with Crippen LogP contribution in [0.1, 0.15) is 55.5 Å². The Morgan fingerprint density at radius 2 is 1.95 bits per heavy atom. The number of anilines is 1. The predicted octanol–water partition coefficient (Wildman–Crippen LogP) is 3.74. The molecule has 1 aromatic carbocycles. The SMILES string of the molecule is CCCCCCNC(=O)c1ccc(NCC)cc1C. The molecular formula is C16H26N2O. The predicted molar refractivity (Wildman–Crippen MR) is 81.8 cm³/mol. The van der Waals surface area contributed by atoms with Gasteiger partial charge in [-0.1, -0.05) is 26.2 Å². The van der Waals surface area contributed by atoms with Gasteiger partial charge in [0.2, 0.25) is 0 Å². The second-order valence-corrected chi connectivity index (χ2v) is 4.88. The number of rotatable bonds is 8. The van der Waals surface area contributed by atoms with Crippen LogP contribution in [0.2, 0.25) is 0 Å². The second kappa shape index (κ2) is 8.57. The number of hydrogen-bond acceptors (Lipinski definition) is 2. The fraction of sp³-hybridized carbons (Fsp3) is 0.562. The molecule has 106 valence electrons. The number of nitrogens with one attached hydrogen (secondary N) is 2. The second-order valence-electron chi connectivity index (χ2n) is 4.88. The highest BCUT2D eigenvalue weighted by Crippen LogP contribution is 2.15. The van der Waals surface area contributed by atoms with Gasteiger partial charge >= 0.3 is 0 Å². The minimum atomic E-state index is 0.0389. The Kier molecular flexibility index (Phi) is 7.01. The van der Waals surface area contributed by atoms with Gasteiger partial charge in [-0.2, -0.15) is 0 Å². The third kappa shape index (κ3) is 5.33. The van der Waals surface area contributed by atoms with Crippen LogP contribution < -0.4 is 10.6 Å². The normalized spacial score (nSPS) is 10.3. The van der Waals surface area contributed by atoms with Gasteiger partial charge in [-0.15, -0.1) is 0 Å². The van der Waals surface area contributed by atoms with Crippen molar-refractivity contribution >= 4 is 11.6 Å². The van der Waals surface area contributed by atoms with Crippen LogP contribution in [-0.2, 0) is 0 Å². The van der Waals surface area contributed by atoms with Crippen molar-refractivity contribution in [2.24, 2.45) is 0 Å². The maximum Gasteiger partial charge on any atom is 0.251 e. The average Bonchev–Trinajstić information content (AvgIpc) is 2.39. The molecule has 0 unspecified atom stereocenters. The van der Waals surface area contributed by atoms with E-state index in [1.165, 1.54) is 19.3 Å².